The van der Waals surface area contributed by atoms with E-state index in [2.05, 4.69) is 129 Å². The molecule has 0 saturated carbocycles. The first-order valence-corrected chi connectivity index (χ1v) is 39.2. The van der Waals surface area contributed by atoms with Gasteiger partial charge in [0.2, 0.25) is 5.91 Å². The van der Waals surface area contributed by atoms with E-state index in [0.29, 0.717) is 23.9 Å². The van der Waals surface area contributed by atoms with Gasteiger partial charge in [0.25, 0.3) is 7.82 Å². The van der Waals surface area contributed by atoms with Crippen molar-refractivity contribution >= 4 is 13.7 Å². The van der Waals surface area contributed by atoms with Crippen LogP contribution in [0.5, 0.6) is 0 Å². The van der Waals surface area contributed by atoms with Crippen LogP contribution in [-0.4, -0.2) is 68.5 Å². The average molecular weight is 1260 g/mol. The Bertz CT molecular complexity index is 1820. The van der Waals surface area contributed by atoms with Crippen molar-refractivity contribution in [3.8, 4) is 0 Å². The fourth-order valence-electron chi connectivity index (χ4n) is 11.0. The molecular formula is C80H145N2O6P. The van der Waals surface area contributed by atoms with Crippen molar-refractivity contribution in [2.75, 3.05) is 40.9 Å². The number of phosphoric ester groups is 1. The van der Waals surface area contributed by atoms with Gasteiger partial charge in [0, 0.05) is 6.42 Å². The minimum Gasteiger partial charge on any atom is -0.756 e. The predicted molar refractivity (Wildman–Crippen MR) is 389 cm³/mol. The van der Waals surface area contributed by atoms with E-state index in [4.69, 9.17) is 9.05 Å². The number of phosphoric acid groups is 1. The molecule has 0 saturated heterocycles. The van der Waals surface area contributed by atoms with Gasteiger partial charge in [-0.25, -0.2) is 0 Å². The zero-order valence-corrected chi connectivity index (χ0v) is 60.0. The molecule has 8 nitrogen and oxygen atoms in total. The summed E-state index contributed by atoms with van der Waals surface area (Å²) in [6.07, 6.45) is 102. The number of allylic oxidation sites excluding steroid dienone is 18. The third-order valence-electron chi connectivity index (χ3n) is 16.8. The van der Waals surface area contributed by atoms with Crippen molar-refractivity contribution in [2.24, 2.45) is 0 Å². The maximum atomic E-state index is 13.1. The molecule has 0 fully saturated rings. The minimum absolute atomic E-state index is 0.00517. The number of hydrogen-bond donors (Lipinski definition) is 2. The van der Waals surface area contributed by atoms with Gasteiger partial charge >= 0.3 is 0 Å². The third-order valence-corrected chi connectivity index (χ3v) is 17.7. The van der Waals surface area contributed by atoms with Gasteiger partial charge in [0.15, 0.2) is 0 Å². The van der Waals surface area contributed by atoms with E-state index in [0.717, 1.165) is 109 Å². The van der Waals surface area contributed by atoms with Crippen LogP contribution >= 0.6 is 7.82 Å². The van der Waals surface area contributed by atoms with Crippen molar-refractivity contribution in [3.05, 3.63) is 109 Å². The van der Waals surface area contributed by atoms with Gasteiger partial charge in [-0.2, -0.15) is 0 Å². The molecule has 3 atom stereocenters. The first-order valence-electron chi connectivity index (χ1n) is 37.7. The number of quaternary nitrogens is 1. The van der Waals surface area contributed by atoms with Crippen LogP contribution in [0.1, 0.15) is 341 Å². The summed E-state index contributed by atoms with van der Waals surface area (Å²) < 4.78 is 23.6. The maximum absolute atomic E-state index is 13.1. The number of amides is 1. The molecule has 0 aromatic heterocycles. The lowest BCUT2D eigenvalue weighted by atomic mass is 10.0. The van der Waals surface area contributed by atoms with Gasteiger partial charge in [-0.15, -0.1) is 0 Å². The molecule has 516 valence electrons. The zero-order chi connectivity index (χ0) is 64.8. The number of aliphatic hydroxyl groups is 1. The fourth-order valence-corrected chi connectivity index (χ4v) is 11.7. The molecule has 0 aromatic rings. The molecule has 9 heteroatoms. The molecule has 89 heavy (non-hydrogen) atoms. The topological polar surface area (TPSA) is 108 Å². The predicted octanol–water partition coefficient (Wildman–Crippen LogP) is 24.0. The lowest BCUT2D eigenvalue weighted by Crippen LogP contribution is -2.46. The average Bonchev–Trinajstić information content (AvgIpc) is 3.64. The quantitative estimate of drug-likeness (QED) is 0.0272. The second kappa shape index (κ2) is 69.5. The third kappa shape index (κ3) is 72.4. The molecule has 0 aliphatic carbocycles. The summed E-state index contributed by atoms with van der Waals surface area (Å²) in [5, 5.41) is 14.1. The highest BCUT2D eigenvalue weighted by molar-refractivity contribution is 7.45. The molecule has 1 amide bonds. The number of rotatable bonds is 69. The molecule has 0 aliphatic rings. The normalized spacial score (nSPS) is 14.2. The maximum Gasteiger partial charge on any atom is 0.268 e. The van der Waals surface area contributed by atoms with Gasteiger partial charge in [-0.3, -0.25) is 9.36 Å². The summed E-state index contributed by atoms with van der Waals surface area (Å²) >= 11 is 0. The van der Waals surface area contributed by atoms with Gasteiger partial charge in [0.05, 0.1) is 39.9 Å². The summed E-state index contributed by atoms with van der Waals surface area (Å²) in [6.45, 7) is 4.63. The molecule has 0 radical (unpaired) electrons. The summed E-state index contributed by atoms with van der Waals surface area (Å²) in [4.78, 5) is 25.7. The van der Waals surface area contributed by atoms with E-state index in [1.54, 1.807) is 0 Å². The van der Waals surface area contributed by atoms with Crippen LogP contribution in [0.3, 0.4) is 0 Å². The lowest BCUT2D eigenvalue weighted by molar-refractivity contribution is -0.870. The molecule has 0 rings (SSSR count). The van der Waals surface area contributed by atoms with Crippen LogP contribution in [0.4, 0.5) is 0 Å². The van der Waals surface area contributed by atoms with E-state index < -0.39 is 20.0 Å². The molecular weight excluding hydrogens is 1120 g/mol. The summed E-state index contributed by atoms with van der Waals surface area (Å²) in [6, 6.07) is -0.817. The summed E-state index contributed by atoms with van der Waals surface area (Å²) in [7, 11) is 1.29. The van der Waals surface area contributed by atoms with Crippen LogP contribution in [-0.2, 0) is 18.4 Å². The second-order valence-electron chi connectivity index (χ2n) is 26.6. The van der Waals surface area contributed by atoms with E-state index >= 15 is 0 Å². The first-order chi connectivity index (χ1) is 43.5. The molecule has 3 unspecified atom stereocenters. The standard InChI is InChI=1S/C80H145N2O6P/c1-6-8-10-12-14-16-18-20-22-24-26-28-30-32-34-36-38-40-41-42-44-46-48-50-52-54-56-58-60-62-64-66-68-70-72-74-80(84)81-78(77-88-89(85,86)87-76-75-82(3,4)5)79(83)73-71-69-67-65-63-61-59-57-55-53-51-49-47-45-43-39-37-35-33-31-29-27-25-23-21-19-17-15-13-11-9-7-2/h8,10,14,16,20,22,26,28,32,34,38,40,42,44,48,50,54,56,78-79,83H,6-7,9,11-13,15,17-19,21,23-25,27,29-31,33,35-37,39,41,43,45-47,49,51-53,55,57-77H2,1-5H3,(H-,81,84,85,86)/b10-8-,16-14-,22-20-,28-26-,34-32-,40-38-,44-42-,50-48-,56-54-. The Morgan fingerprint density at radius 2 is 0.685 bits per heavy atom. The van der Waals surface area contributed by atoms with Gasteiger partial charge in [-0.1, -0.05) is 361 Å². The SMILES string of the molecule is CC/C=C\C/C=C\C/C=C\C/C=C\C/C=C\C/C=C\C/C=C\C/C=C\C/C=C\CCCCCCCCCC(=O)NC(COP(=O)([O-])OCC[N+](C)(C)C)C(O)CCCCCCCCCCCCCCCCCCCCCCCCCCCCCCCCCC. The van der Waals surface area contributed by atoms with Crippen molar-refractivity contribution in [3.63, 3.8) is 0 Å². The molecule has 0 aromatic carbocycles. The number of carbonyl (C=O) groups excluding carboxylic acids is 1. The lowest BCUT2D eigenvalue weighted by Gasteiger charge is -2.30. The fraction of sp³-hybridized carbons (Fsp3) is 0.762. The highest BCUT2D eigenvalue weighted by atomic mass is 31.2. The highest BCUT2D eigenvalue weighted by Gasteiger charge is 2.24. The molecule has 0 bridgehead atoms. The van der Waals surface area contributed by atoms with Gasteiger partial charge in [0.1, 0.15) is 13.2 Å². The van der Waals surface area contributed by atoms with Crippen molar-refractivity contribution in [1.29, 1.82) is 0 Å². The number of unbranched alkanes of at least 4 members (excludes halogenated alkanes) is 38. The van der Waals surface area contributed by atoms with Crippen molar-refractivity contribution < 1.29 is 32.9 Å². The van der Waals surface area contributed by atoms with Crippen LogP contribution in [0.2, 0.25) is 0 Å². The number of hydrogen-bond acceptors (Lipinski definition) is 6. The van der Waals surface area contributed by atoms with E-state index in [1.165, 1.54) is 205 Å². The van der Waals surface area contributed by atoms with Crippen LogP contribution in [0.25, 0.3) is 0 Å². The van der Waals surface area contributed by atoms with Crippen LogP contribution in [0.15, 0.2) is 109 Å². The Morgan fingerprint density at radius 3 is 1.00 bits per heavy atom. The number of aliphatic hydroxyl groups excluding tert-OH is 1. The van der Waals surface area contributed by atoms with Gasteiger partial charge < -0.3 is 28.8 Å². The Morgan fingerprint density at radius 1 is 0.404 bits per heavy atom. The summed E-state index contributed by atoms with van der Waals surface area (Å²) in [5.41, 5.74) is 0. The molecule has 0 spiro atoms. The summed E-state index contributed by atoms with van der Waals surface area (Å²) in [5.74, 6) is -0.176. The van der Waals surface area contributed by atoms with E-state index in [-0.39, 0.29) is 19.1 Å². The van der Waals surface area contributed by atoms with E-state index in [9.17, 15) is 19.4 Å². The zero-order valence-electron chi connectivity index (χ0n) is 59.1. The number of likely N-dealkylation sites (N-methyl/N-ethyl adjacent to an activating group) is 1. The first kappa shape index (κ1) is 86.2. The number of nitrogens with zero attached hydrogens (tertiary/aromatic N) is 1. The largest absolute Gasteiger partial charge is 0.756 e. The Balaban J connectivity index is 4.07. The second-order valence-corrected chi connectivity index (χ2v) is 28.0. The Hall–Kier alpha value is -2.84. The number of nitrogens with one attached hydrogen (secondary N) is 1. The molecule has 2 N–H and O–H groups in total. The smallest absolute Gasteiger partial charge is 0.268 e. The molecule has 0 heterocycles. The minimum atomic E-state index is -4.59. The molecule has 0 aliphatic heterocycles. The Labute approximate surface area is 552 Å². The van der Waals surface area contributed by atoms with Crippen LogP contribution < -0.4 is 10.2 Å². The highest BCUT2D eigenvalue weighted by Crippen LogP contribution is 2.38. The van der Waals surface area contributed by atoms with Crippen molar-refractivity contribution in [2.45, 2.75) is 353 Å². The number of carbonyl (C=O) groups is 1. The van der Waals surface area contributed by atoms with Gasteiger partial charge in [-0.05, 0) is 83.5 Å². The Kier molecular flexibility index (Phi) is 67.3. The monoisotopic (exact) mass is 1260 g/mol. The van der Waals surface area contributed by atoms with Crippen molar-refractivity contribution in [1.82, 2.24) is 5.32 Å². The van der Waals surface area contributed by atoms with E-state index in [1.807, 2.05) is 21.1 Å². The van der Waals surface area contributed by atoms with Crippen LogP contribution in [0, 0.1) is 0 Å².